The van der Waals surface area contributed by atoms with Crippen LogP contribution in [0.1, 0.15) is 11.9 Å². The number of benzene rings is 2. The molecule has 10 heteroatoms. The quantitative estimate of drug-likeness (QED) is 0.396. The summed E-state index contributed by atoms with van der Waals surface area (Å²) in [6, 6.07) is 9.43. The molecule has 0 bridgehead atoms. The Morgan fingerprint density at radius 1 is 1.15 bits per heavy atom. The van der Waals surface area contributed by atoms with Crippen molar-refractivity contribution in [1.82, 2.24) is 34.6 Å². The fraction of sp³-hybridized carbons (Fsp3) is 0.174. The summed E-state index contributed by atoms with van der Waals surface area (Å²) >= 11 is 6.69. The van der Waals surface area contributed by atoms with Crippen LogP contribution < -0.4 is 4.74 Å². The molecule has 164 valence electrons. The van der Waals surface area contributed by atoms with Crippen LogP contribution >= 0.6 is 11.6 Å². The molecule has 5 aromatic rings. The summed E-state index contributed by atoms with van der Waals surface area (Å²) in [5.41, 5.74) is 4.48. The van der Waals surface area contributed by atoms with Crippen molar-refractivity contribution in [2.45, 2.75) is 13.0 Å². The van der Waals surface area contributed by atoms with E-state index in [1.165, 1.54) is 0 Å². The third kappa shape index (κ3) is 3.46. The number of amides is 1. The van der Waals surface area contributed by atoms with Gasteiger partial charge >= 0.3 is 0 Å². The van der Waals surface area contributed by atoms with Gasteiger partial charge in [0.25, 0.3) is 0 Å². The molecule has 1 fully saturated rings. The Balaban J connectivity index is 1.31. The minimum absolute atomic E-state index is 0.178. The van der Waals surface area contributed by atoms with Gasteiger partial charge in [-0.3, -0.25) is 14.5 Å². The van der Waals surface area contributed by atoms with Crippen molar-refractivity contribution in [1.29, 1.82) is 0 Å². The van der Waals surface area contributed by atoms with E-state index >= 15 is 0 Å². The van der Waals surface area contributed by atoms with Crippen molar-refractivity contribution < 1.29 is 9.53 Å². The zero-order chi connectivity index (χ0) is 22.5. The SMILES string of the molecule is Cc1nc2ccc(Oc3ccc4ncc(-c5cnn(C6CN(C=O)C6)c5)nc4c3Cl)cc2[nH]1. The Morgan fingerprint density at radius 2 is 2.00 bits per heavy atom. The minimum atomic E-state index is 0.178. The van der Waals surface area contributed by atoms with Crippen molar-refractivity contribution in [3.8, 4) is 22.8 Å². The van der Waals surface area contributed by atoms with Gasteiger partial charge in [0.05, 0.1) is 40.7 Å². The van der Waals surface area contributed by atoms with Crippen molar-refractivity contribution >= 4 is 40.1 Å². The standard InChI is InChI=1S/C23H18ClN7O2/c1-13-27-17-3-2-16(6-19(17)28-13)33-21-5-4-18-23(22(21)24)29-20(8-25-18)14-7-26-31(9-14)15-10-30(11-15)12-32/h2-9,12,15H,10-11H2,1H3,(H,27,28). The van der Waals surface area contributed by atoms with E-state index in [-0.39, 0.29) is 6.04 Å². The molecule has 1 aliphatic rings. The number of aromatic amines is 1. The van der Waals surface area contributed by atoms with E-state index in [2.05, 4.69) is 20.1 Å². The number of hydrogen-bond donors (Lipinski definition) is 1. The van der Waals surface area contributed by atoms with E-state index in [1.54, 1.807) is 23.4 Å². The van der Waals surface area contributed by atoms with Gasteiger partial charge in [-0.05, 0) is 31.2 Å². The molecule has 1 amide bonds. The molecule has 0 radical (unpaired) electrons. The molecule has 2 aromatic carbocycles. The number of fused-ring (bicyclic) bond motifs is 2. The van der Waals surface area contributed by atoms with Crippen molar-refractivity contribution in [3.63, 3.8) is 0 Å². The van der Waals surface area contributed by atoms with Crippen LogP contribution in [0.2, 0.25) is 5.02 Å². The second kappa shape index (κ2) is 7.56. The molecular weight excluding hydrogens is 442 g/mol. The number of imidazole rings is 1. The first-order valence-electron chi connectivity index (χ1n) is 10.4. The molecule has 3 aromatic heterocycles. The lowest BCUT2D eigenvalue weighted by Gasteiger charge is -2.36. The summed E-state index contributed by atoms with van der Waals surface area (Å²) in [6.07, 6.45) is 6.22. The van der Waals surface area contributed by atoms with Crippen molar-refractivity contribution in [3.05, 3.63) is 59.8 Å². The monoisotopic (exact) mass is 459 g/mol. The Morgan fingerprint density at radius 3 is 2.85 bits per heavy atom. The van der Waals surface area contributed by atoms with Crippen LogP contribution in [0.5, 0.6) is 11.5 Å². The molecule has 33 heavy (non-hydrogen) atoms. The van der Waals surface area contributed by atoms with E-state index < -0.39 is 0 Å². The summed E-state index contributed by atoms with van der Waals surface area (Å²) < 4.78 is 7.92. The summed E-state index contributed by atoms with van der Waals surface area (Å²) in [7, 11) is 0. The van der Waals surface area contributed by atoms with Gasteiger partial charge < -0.3 is 14.6 Å². The number of aromatic nitrogens is 6. The predicted octanol–water partition coefficient (Wildman–Crippen LogP) is 4.14. The van der Waals surface area contributed by atoms with Crippen LogP contribution in [0.3, 0.4) is 0 Å². The number of hydrogen-bond acceptors (Lipinski definition) is 6. The highest BCUT2D eigenvalue weighted by molar-refractivity contribution is 6.36. The fourth-order valence-corrected chi connectivity index (χ4v) is 4.20. The van der Waals surface area contributed by atoms with Crippen LogP contribution in [0.25, 0.3) is 33.3 Å². The molecule has 0 unspecified atom stereocenters. The summed E-state index contributed by atoms with van der Waals surface area (Å²) in [4.78, 5) is 29.4. The van der Waals surface area contributed by atoms with Crippen LogP contribution in [0.15, 0.2) is 48.9 Å². The molecule has 1 N–H and O–H groups in total. The Bertz CT molecular complexity index is 1520. The minimum Gasteiger partial charge on any atom is -0.456 e. The highest BCUT2D eigenvalue weighted by atomic mass is 35.5. The summed E-state index contributed by atoms with van der Waals surface area (Å²) in [6.45, 7) is 3.22. The molecule has 6 rings (SSSR count). The first-order chi connectivity index (χ1) is 16.1. The maximum Gasteiger partial charge on any atom is 0.209 e. The zero-order valence-electron chi connectivity index (χ0n) is 17.6. The number of likely N-dealkylation sites (tertiary alicyclic amines) is 1. The highest BCUT2D eigenvalue weighted by Gasteiger charge is 2.27. The largest absolute Gasteiger partial charge is 0.456 e. The lowest BCUT2D eigenvalue weighted by Crippen LogP contribution is -2.46. The van der Waals surface area contributed by atoms with E-state index in [0.717, 1.165) is 28.8 Å². The van der Waals surface area contributed by atoms with Crippen LogP contribution in [0.4, 0.5) is 0 Å². The normalized spacial score (nSPS) is 14.1. The second-order valence-corrected chi connectivity index (χ2v) is 8.40. The lowest BCUT2D eigenvalue weighted by molar-refractivity contribution is -0.123. The third-order valence-corrected chi connectivity index (χ3v) is 6.09. The van der Waals surface area contributed by atoms with Gasteiger partial charge in [-0.2, -0.15) is 5.10 Å². The average Bonchev–Trinajstić information content (AvgIpc) is 3.41. The molecule has 0 aliphatic carbocycles. The molecule has 0 atom stereocenters. The highest BCUT2D eigenvalue weighted by Crippen LogP contribution is 2.35. The van der Waals surface area contributed by atoms with Gasteiger partial charge in [-0.15, -0.1) is 0 Å². The number of nitrogens with zero attached hydrogens (tertiary/aromatic N) is 6. The van der Waals surface area contributed by atoms with E-state index in [0.29, 0.717) is 46.3 Å². The van der Waals surface area contributed by atoms with Gasteiger partial charge in [0.15, 0.2) is 0 Å². The van der Waals surface area contributed by atoms with Crippen molar-refractivity contribution in [2.24, 2.45) is 0 Å². The smallest absolute Gasteiger partial charge is 0.209 e. The van der Waals surface area contributed by atoms with Crippen molar-refractivity contribution in [2.75, 3.05) is 13.1 Å². The van der Waals surface area contributed by atoms with E-state index in [4.69, 9.17) is 21.3 Å². The number of carbonyl (C=O) groups is 1. The predicted molar refractivity (Wildman–Crippen MR) is 123 cm³/mol. The van der Waals surface area contributed by atoms with E-state index in [9.17, 15) is 4.79 Å². The number of rotatable bonds is 5. The first-order valence-corrected chi connectivity index (χ1v) is 10.8. The summed E-state index contributed by atoms with van der Waals surface area (Å²) in [5, 5.41) is 4.81. The first kappa shape index (κ1) is 19.7. The number of halogens is 1. The second-order valence-electron chi connectivity index (χ2n) is 8.03. The molecule has 1 saturated heterocycles. The van der Waals surface area contributed by atoms with Gasteiger partial charge in [-0.25, -0.2) is 9.97 Å². The molecule has 9 nitrogen and oxygen atoms in total. The molecule has 0 spiro atoms. The number of H-pyrrole nitrogens is 1. The zero-order valence-corrected chi connectivity index (χ0v) is 18.3. The maximum absolute atomic E-state index is 10.8. The number of carbonyl (C=O) groups excluding carboxylic acids is 1. The Kier molecular flexibility index (Phi) is 4.51. The molecule has 1 aliphatic heterocycles. The topological polar surface area (TPSA) is 102 Å². The average molecular weight is 460 g/mol. The Labute approximate surface area is 193 Å². The summed E-state index contributed by atoms with van der Waals surface area (Å²) in [5.74, 6) is 1.98. The molecule has 4 heterocycles. The van der Waals surface area contributed by atoms with Crippen LogP contribution in [0, 0.1) is 6.92 Å². The van der Waals surface area contributed by atoms with Gasteiger partial charge in [-0.1, -0.05) is 11.6 Å². The van der Waals surface area contributed by atoms with Crippen LogP contribution in [-0.4, -0.2) is 54.1 Å². The Hall–Kier alpha value is -3.98. The van der Waals surface area contributed by atoms with Gasteiger partial charge in [0.1, 0.15) is 27.9 Å². The molecule has 0 saturated carbocycles. The number of ether oxygens (including phenoxy) is 1. The van der Waals surface area contributed by atoms with Gasteiger partial charge in [0.2, 0.25) is 6.41 Å². The fourth-order valence-electron chi connectivity index (χ4n) is 3.96. The maximum atomic E-state index is 10.8. The molecular formula is C23H18ClN7O2. The van der Waals surface area contributed by atoms with Crippen LogP contribution in [-0.2, 0) is 4.79 Å². The number of nitrogens with one attached hydrogen (secondary N) is 1. The third-order valence-electron chi connectivity index (χ3n) is 5.73. The number of aryl methyl sites for hydroxylation is 1. The lowest BCUT2D eigenvalue weighted by atomic mass is 10.1. The van der Waals surface area contributed by atoms with Gasteiger partial charge in [0, 0.05) is 30.9 Å². The van der Waals surface area contributed by atoms with E-state index in [1.807, 2.05) is 42.1 Å².